The van der Waals surface area contributed by atoms with E-state index < -0.39 is 11.7 Å². The lowest BCUT2D eigenvalue weighted by molar-refractivity contribution is -0.146. The van der Waals surface area contributed by atoms with E-state index in [1.807, 2.05) is 0 Å². The van der Waals surface area contributed by atoms with Gasteiger partial charge in [-0.25, -0.2) is 0 Å². The van der Waals surface area contributed by atoms with Crippen molar-refractivity contribution >= 4 is 5.78 Å². The highest BCUT2D eigenvalue weighted by Gasteiger charge is 2.33. The van der Waals surface area contributed by atoms with E-state index in [-0.39, 0.29) is 5.78 Å². The van der Waals surface area contributed by atoms with Gasteiger partial charge in [-0.1, -0.05) is 0 Å². The Labute approximate surface area is 61.0 Å². The van der Waals surface area contributed by atoms with Crippen LogP contribution < -0.4 is 0 Å². The summed E-state index contributed by atoms with van der Waals surface area (Å²) in [6.45, 7) is 4.44. The molecule has 0 aliphatic rings. The molecule has 2 unspecified atom stereocenters. The number of rotatable bonds is 3. The molecule has 0 aromatic carbocycles. The van der Waals surface area contributed by atoms with Crippen LogP contribution in [0.5, 0.6) is 0 Å². The van der Waals surface area contributed by atoms with Crippen molar-refractivity contribution in [3.8, 4) is 0 Å². The second-order valence-electron chi connectivity index (χ2n) is 2.58. The first-order valence-corrected chi connectivity index (χ1v) is 3.19. The zero-order valence-corrected chi connectivity index (χ0v) is 6.84. The number of Topliss-reactive ketones (excluding diaryl/α,β-unsaturated/α-hetero) is 1. The Balaban J connectivity index is 4.23. The number of hydrogen-bond acceptors (Lipinski definition) is 3. The first-order valence-electron chi connectivity index (χ1n) is 3.19. The van der Waals surface area contributed by atoms with E-state index in [2.05, 4.69) is 0 Å². The lowest BCUT2D eigenvalue weighted by atomic mass is 9.96. The monoisotopic (exact) mass is 146 g/mol. The van der Waals surface area contributed by atoms with Gasteiger partial charge in [0.1, 0.15) is 5.60 Å². The van der Waals surface area contributed by atoms with Crippen LogP contribution in [0.15, 0.2) is 0 Å². The minimum atomic E-state index is -1.35. The third kappa shape index (κ3) is 1.78. The molecular weight excluding hydrogens is 132 g/mol. The van der Waals surface area contributed by atoms with Crippen molar-refractivity contribution in [1.82, 2.24) is 0 Å². The maximum atomic E-state index is 10.7. The van der Waals surface area contributed by atoms with Crippen molar-refractivity contribution < 1.29 is 14.6 Å². The second kappa shape index (κ2) is 3.12. The van der Waals surface area contributed by atoms with Gasteiger partial charge in [0.05, 0.1) is 6.10 Å². The number of aliphatic hydroxyl groups is 1. The Morgan fingerprint density at radius 2 is 2.10 bits per heavy atom. The smallest absolute Gasteiger partial charge is 0.163 e. The molecule has 0 heterocycles. The van der Waals surface area contributed by atoms with E-state index in [1.54, 1.807) is 6.92 Å². The fraction of sp³-hybridized carbons (Fsp3) is 0.857. The van der Waals surface area contributed by atoms with Gasteiger partial charge in [-0.05, 0) is 20.8 Å². The van der Waals surface area contributed by atoms with Crippen LogP contribution in [0.25, 0.3) is 0 Å². The van der Waals surface area contributed by atoms with Crippen LogP contribution in [0.3, 0.4) is 0 Å². The van der Waals surface area contributed by atoms with Gasteiger partial charge in [-0.15, -0.1) is 0 Å². The normalized spacial score (nSPS) is 19.7. The first-order chi connectivity index (χ1) is 4.42. The molecule has 0 spiro atoms. The van der Waals surface area contributed by atoms with Crippen LogP contribution in [0.4, 0.5) is 0 Å². The molecule has 2 atom stereocenters. The summed E-state index contributed by atoms with van der Waals surface area (Å²) in [6.07, 6.45) is -0.454. The summed E-state index contributed by atoms with van der Waals surface area (Å²) in [5.74, 6) is -0.276. The van der Waals surface area contributed by atoms with Gasteiger partial charge in [-0.2, -0.15) is 0 Å². The fourth-order valence-electron chi connectivity index (χ4n) is 0.516. The second-order valence-corrected chi connectivity index (χ2v) is 2.58. The first kappa shape index (κ1) is 9.59. The number of carbonyl (C=O) groups is 1. The van der Waals surface area contributed by atoms with Gasteiger partial charge < -0.3 is 9.84 Å². The quantitative estimate of drug-likeness (QED) is 0.625. The average Bonchev–Trinajstić information content (AvgIpc) is 1.86. The van der Waals surface area contributed by atoms with E-state index in [9.17, 15) is 9.90 Å². The molecule has 3 nitrogen and oxygen atoms in total. The van der Waals surface area contributed by atoms with Gasteiger partial charge in [0.2, 0.25) is 0 Å². The molecular formula is C7H14O3. The van der Waals surface area contributed by atoms with Crippen molar-refractivity contribution in [2.45, 2.75) is 32.5 Å². The largest absolute Gasteiger partial charge is 0.380 e. The van der Waals surface area contributed by atoms with Gasteiger partial charge in [-0.3, -0.25) is 4.79 Å². The van der Waals surface area contributed by atoms with E-state index in [4.69, 9.17) is 4.74 Å². The molecule has 3 heteroatoms. The zero-order valence-electron chi connectivity index (χ0n) is 6.84. The summed E-state index contributed by atoms with van der Waals surface area (Å²) < 4.78 is 4.81. The molecule has 0 saturated carbocycles. The Kier molecular flexibility index (Phi) is 2.99. The van der Waals surface area contributed by atoms with Crippen LogP contribution in [0, 0.1) is 0 Å². The van der Waals surface area contributed by atoms with Crippen LogP contribution in [-0.2, 0) is 9.53 Å². The predicted molar refractivity (Wildman–Crippen MR) is 37.8 cm³/mol. The summed E-state index contributed by atoms with van der Waals surface area (Å²) in [5, 5.41) is 9.39. The lowest BCUT2D eigenvalue weighted by Gasteiger charge is -2.25. The minimum Gasteiger partial charge on any atom is -0.380 e. The van der Waals surface area contributed by atoms with E-state index >= 15 is 0 Å². The minimum absolute atomic E-state index is 0.276. The highest BCUT2D eigenvalue weighted by atomic mass is 16.5. The van der Waals surface area contributed by atoms with E-state index in [0.29, 0.717) is 0 Å². The Morgan fingerprint density at radius 3 is 2.20 bits per heavy atom. The van der Waals surface area contributed by atoms with Gasteiger partial charge >= 0.3 is 0 Å². The van der Waals surface area contributed by atoms with Crippen molar-refractivity contribution in [3.63, 3.8) is 0 Å². The van der Waals surface area contributed by atoms with Crippen LogP contribution in [-0.4, -0.2) is 29.7 Å². The molecule has 0 bridgehead atoms. The molecule has 10 heavy (non-hydrogen) atoms. The SMILES string of the molecule is COC(C)C(C)(O)C(C)=O. The third-order valence-electron chi connectivity index (χ3n) is 1.86. The topological polar surface area (TPSA) is 46.5 Å². The molecule has 1 N–H and O–H groups in total. The average molecular weight is 146 g/mol. The standard InChI is InChI=1S/C7H14O3/c1-5(8)7(3,9)6(2)10-4/h6,9H,1-4H3. The third-order valence-corrected chi connectivity index (χ3v) is 1.86. The van der Waals surface area contributed by atoms with Gasteiger partial charge in [0.25, 0.3) is 0 Å². The maximum Gasteiger partial charge on any atom is 0.163 e. The number of ether oxygens (including phenoxy) is 1. The molecule has 0 amide bonds. The number of ketones is 1. The van der Waals surface area contributed by atoms with Crippen LogP contribution in [0.1, 0.15) is 20.8 Å². The van der Waals surface area contributed by atoms with Crippen LogP contribution in [0.2, 0.25) is 0 Å². The number of carbonyl (C=O) groups excluding carboxylic acids is 1. The molecule has 0 aromatic heterocycles. The predicted octanol–water partition coefficient (Wildman–Crippen LogP) is 0.361. The van der Waals surface area contributed by atoms with E-state index in [0.717, 1.165) is 0 Å². The molecule has 0 saturated heterocycles. The molecule has 0 aliphatic carbocycles. The molecule has 60 valence electrons. The van der Waals surface area contributed by atoms with E-state index in [1.165, 1.54) is 21.0 Å². The summed E-state index contributed by atoms with van der Waals surface area (Å²) in [4.78, 5) is 10.7. The van der Waals surface area contributed by atoms with Gasteiger partial charge in [0.15, 0.2) is 5.78 Å². The molecule has 0 fully saturated rings. The summed E-state index contributed by atoms with van der Waals surface area (Å²) in [7, 11) is 1.46. The highest BCUT2D eigenvalue weighted by Crippen LogP contribution is 2.12. The maximum absolute atomic E-state index is 10.7. The van der Waals surface area contributed by atoms with Crippen molar-refractivity contribution in [3.05, 3.63) is 0 Å². The number of methoxy groups -OCH3 is 1. The summed E-state index contributed by atoms with van der Waals surface area (Å²) in [6, 6.07) is 0. The zero-order chi connectivity index (χ0) is 8.36. The van der Waals surface area contributed by atoms with Crippen molar-refractivity contribution in [1.29, 1.82) is 0 Å². The molecule has 0 rings (SSSR count). The lowest BCUT2D eigenvalue weighted by Crippen LogP contribution is -2.44. The van der Waals surface area contributed by atoms with Crippen molar-refractivity contribution in [2.24, 2.45) is 0 Å². The Hall–Kier alpha value is -0.410. The Bertz CT molecular complexity index is 129. The molecule has 0 radical (unpaired) electrons. The summed E-state index contributed by atoms with van der Waals surface area (Å²) >= 11 is 0. The van der Waals surface area contributed by atoms with Crippen molar-refractivity contribution in [2.75, 3.05) is 7.11 Å². The fourth-order valence-corrected chi connectivity index (χ4v) is 0.516. The molecule has 0 aliphatic heterocycles. The highest BCUT2D eigenvalue weighted by molar-refractivity contribution is 5.84. The number of hydrogen-bond donors (Lipinski definition) is 1. The van der Waals surface area contributed by atoms with Crippen LogP contribution >= 0.6 is 0 Å². The summed E-state index contributed by atoms with van der Waals surface area (Å²) in [5.41, 5.74) is -1.35. The molecule has 0 aromatic rings. The van der Waals surface area contributed by atoms with Gasteiger partial charge in [0, 0.05) is 7.11 Å². The Morgan fingerprint density at radius 1 is 1.70 bits per heavy atom.